The Morgan fingerprint density at radius 1 is 1.47 bits per heavy atom. The van der Waals surface area contributed by atoms with Crippen LogP contribution in [-0.2, 0) is 0 Å². The molecule has 2 aromatic rings. The quantitative estimate of drug-likeness (QED) is 0.802. The highest BCUT2D eigenvalue weighted by atomic mass is 35.5. The lowest BCUT2D eigenvalue weighted by atomic mass is 10.2. The van der Waals surface area contributed by atoms with E-state index in [1.807, 2.05) is 0 Å². The molecule has 0 aliphatic heterocycles. The number of benzene rings is 1. The van der Waals surface area contributed by atoms with Crippen LogP contribution < -0.4 is 0 Å². The van der Waals surface area contributed by atoms with Gasteiger partial charge in [0.1, 0.15) is 12.3 Å². The first-order valence-corrected chi connectivity index (χ1v) is 5.26. The number of oxazole rings is 1. The summed E-state index contributed by atoms with van der Waals surface area (Å²) in [7, 11) is 0. The Morgan fingerprint density at radius 3 is 3.00 bits per heavy atom. The van der Waals surface area contributed by atoms with E-state index in [9.17, 15) is 0 Å². The van der Waals surface area contributed by atoms with E-state index in [4.69, 9.17) is 21.3 Å². The van der Waals surface area contributed by atoms with Crippen LogP contribution in [0.2, 0.25) is 5.02 Å². The van der Waals surface area contributed by atoms with Crippen LogP contribution >= 0.6 is 23.4 Å². The highest BCUT2D eigenvalue weighted by Gasteiger charge is 2.07. The van der Waals surface area contributed by atoms with Gasteiger partial charge in [-0.2, -0.15) is 5.26 Å². The van der Waals surface area contributed by atoms with E-state index in [1.54, 1.807) is 24.4 Å². The number of nitrogens with zero attached hydrogens (tertiary/aromatic N) is 2. The standard InChI is InChI=1S/C10H5ClN2OS/c11-8-1-2-9(7(5-8)6-12)15-10-13-3-4-14-10/h1-5H. The average molecular weight is 237 g/mol. The molecular weight excluding hydrogens is 232 g/mol. The number of hydrogen-bond acceptors (Lipinski definition) is 4. The second-order valence-electron chi connectivity index (χ2n) is 2.65. The fraction of sp³-hybridized carbons (Fsp3) is 0. The zero-order valence-electron chi connectivity index (χ0n) is 7.48. The highest BCUT2D eigenvalue weighted by molar-refractivity contribution is 7.99. The van der Waals surface area contributed by atoms with E-state index in [1.165, 1.54) is 18.0 Å². The normalized spacial score (nSPS) is 9.87. The molecule has 2 rings (SSSR count). The molecule has 0 radical (unpaired) electrons. The van der Waals surface area contributed by atoms with Crippen LogP contribution in [0.3, 0.4) is 0 Å². The molecule has 15 heavy (non-hydrogen) atoms. The van der Waals surface area contributed by atoms with Crippen LogP contribution in [0.1, 0.15) is 5.56 Å². The molecule has 1 aromatic carbocycles. The molecule has 0 saturated carbocycles. The lowest BCUT2D eigenvalue weighted by Gasteiger charge is -2.00. The molecular formula is C10H5ClN2OS. The summed E-state index contributed by atoms with van der Waals surface area (Å²) >= 11 is 7.07. The van der Waals surface area contributed by atoms with Crippen molar-refractivity contribution in [3.63, 3.8) is 0 Å². The van der Waals surface area contributed by atoms with Crippen molar-refractivity contribution in [3.8, 4) is 6.07 Å². The molecule has 0 unspecified atom stereocenters. The minimum atomic E-state index is 0.508. The average Bonchev–Trinajstić information content (AvgIpc) is 2.73. The smallest absolute Gasteiger partial charge is 0.260 e. The molecule has 3 nitrogen and oxygen atoms in total. The number of nitriles is 1. The van der Waals surface area contributed by atoms with Crippen molar-refractivity contribution in [3.05, 3.63) is 41.2 Å². The minimum absolute atomic E-state index is 0.508. The molecule has 0 atom stereocenters. The molecule has 0 spiro atoms. The summed E-state index contributed by atoms with van der Waals surface area (Å²) in [5.41, 5.74) is 0.519. The Bertz CT molecular complexity index is 505. The minimum Gasteiger partial charge on any atom is -0.440 e. The van der Waals surface area contributed by atoms with Gasteiger partial charge in [0.15, 0.2) is 0 Å². The monoisotopic (exact) mass is 236 g/mol. The van der Waals surface area contributed by atoms with Crippen LogP contribution in [-0.4, -0.2) is 4.98 Å². The van der Waals surface area contributed by atoms with Gasteiger partial charge in [0, 0.05) is 9.92 Å². The van der Waals surface area contributed by atoms with Crippen molar-refractivity contribution in [2.24, 2.45) is 0 Å². The van der Waals surface area contributed by atoms with Crippen LogP contribution in [0.5, 0.6) is 0 Å². The highest BCUT2D eigenvalue weighted by Crippen LogP contribution is 2.30. The maximum atomic E-state index is 8.90. The second-order valence-corrected chi connectivity index (χ2v) is 4.08. The zero-order valence-corrected chi connectivity index (χ0v) is 9.05. The SMILES string of the molecule is N#Cc1cc(Cl)ccc1Sc1ncco1. The fourth-order valence-electron chi connectivity index (χ4n) is 1.03. The number of hydrogen-bond donors (Lipinski definition) is 0. The molecule has 0 aliphatic rings. The van der Waals surface area contributed by atoms with E-state index in [0.29, 0.717) is 15.8 Å². The largest absolute Gasteiger partial charge is 0.440 e. The molecule has 74 valence electrons. The predicted octanol–water partition coefficient (Wildman–Crippen LogP) is 3.35. The molecule has 0 bridgehead atoms. The maximum Gasteiger partial charge on any atom is 0.260 e. The van der Waals surface area contributed by atoms with Gasteiger partial charge in [0.25, 0.3) is 5.22 Å². The molecule has 1 aromatic heterocycles. The lowest BCUT2D eigenvalue weighted by molar-refractivity contribution is 0.454. The van der Waals surface area contributed by atoms with Gasteiger partial charge in [-0.05, 0) is 30.0 Å². The van der Waals surface area contributed by atoms with Crippen molar-refractivity contribution in [2.45, 2.75) is 10.1 Å². The van der Waals surface area contributed by atoms with Crippen molar-refractivity contribution < 1.29 is 4.42 Å². The van der Waals surface area contributed by atoms with Crippen molar-refractivity contribution >= 4 is 23.4 Å². The van der Waals surface area contributed by atoms with E-state index in [-0.39, 0.29) is 0 Å². The first-order chi connectivity index (χ1) is 7.29. The van der Waals surface area contributed by atoms with Gasteiger partial charge < -0.3 is 4.42 Å². The number of halogens is 1. The third-order valence-electron chi connectivity index (χ3n) is 1.67. The molecule has 0 fully saturated rings. The Morgan fingerprint density at radius 2 is 2.33 bits per heavy atom. The first kappa shape index (κ1) is 10.1. The summed E-state index contributed by atoms with van der Waals surface area (Å²) in [6.07, 6.45) is 3.05. The lowest BCUT2D eigenvalue weighted by Crippen LogP contribution is -1.81. The van der Waals surface area contributed by atoms with Crippen LogP contribution in [0.4, 0.5) is 0 Å². The van der Waals surface area contributed by atoms with Gasteiger partial charge in [0.05, 0.1) is 11.8 Å². The van der Waals surface area contributed by atoms with Gasteiger partial charge >= 0.3 is 0 Å². The van der Waals surface area contributed by atoms with Crippen molar-refractivity contribution in [2.75, 3.05) is 0 Å². The summed E-state index contributed by atoms with van der Waals surface area (Å²) in [6.45, 7) is 0. The van der Waals surface area contributed by atoms with E-state index in [0.717, 1.165) is 4.90 Å². The summed E-state index contributed by atoms with van der Waals surface area (Å²) in [4.78, 5) is 4.75. The number of rotatable bonds is 2. The van der Waals surface area contributed by atoms with Gasteiger partial charge in [-0.3, -0.25) is 0 Å². The van der Waals surface area contributed by atoms with Crippen LogP contribution in [0.15, 0.2) is 45.2 Å². The fourth-order valence-corrected chi connectivity index (χ4v) is 1.96. The van der Waals surface area contributed by atoms with E-state index < -0.39 is 0 Å². The van der Waals surface area contributed by atoms with Crippen molar-refractivity contribution in [1.82, 2.24) is 4.98 Å². The van der Waals surface area contributed by atoms with Gasteiger partial charge in [-0.15, -0.1) is 0 Å². The predicted molar refractivity (Wildman–Crippen MR) is 56.8 cm³/mol. The molecule has 1 heterocycles. The topological polar surface area (TPSA) is 49.8 Å². The van der Waals surface area contributed by atoms with Crippen LogP contribution in [0.25, 0.3) is 0 Å². The molecule has 5 heteroatoms. The first-order valence-electron chi connectivity index (χ1n) is 4.06. The molecule has 0 N–H and O–H groups in total. The second kappa shape index (κ2) is 4.39. The number of aromatic nitrogens is 1. The summed E-state index contributed by atoms with van der Waals surface area (Å²) in [5.74, 6) is 0. The summed E-state index contributed by atoms with van der Waals surface area (Å²) < 4.78 is 5.08. The van der Waals surface area contributed by atoms with Gasteiger partial charge in [-0.25, -0.2) is 4.98 Å². The Labute approximate surface area is 95.7 Å². The Hall–Kier alpha value is -1.44. The van der Waals surface area contributed by atoms with Gasteiger partial charge in [-0.1, -0.05) is 11.6 Å². The molecule has 0 amide bonds. The summed E-state index contributed by atoms with van der Waals surface area (Å²) in [5, 5.41) is 9.95. The Balaban J connectivity index is 2.33. The zero-order chi connectivity index (χ0) is 10.7. The van der Waals surface area contributed by atoms with E-state index >= 15 is 0 Å². The van der Waals surface area contributed by atoms with Gasteiger partial charge in [0.2, 0.25) is 0 Å². The maximum absolute atomic E-state index is 8.90. The van der Waals surface area contributed by atoms with Crippen molar-refractivity contribution in [1.29, 1.82) is 5.26 Å². The summed E-state index contributed by atoms with van der Waals surface area (Å²) in [6, 6.07) is 7.20. The molecule has 0 aliphatic carbocycles. The van der Waals surface area contributed by atoms with Crippen LogP contribution in [0, 0.1) is 11.3 Å². The third-order valence-corrected chi connectivity index (χ3v) is 2.86. The van der Waals surface area contributed by atoms with E-state index in [2.05, 4.69) is 11.1 Å². The third kappa shape index (κ3) is 2.32. The Kier molecular flexibility index (Phi) is 2.95. The molecule has 0 saturated heterocycles.